The van der Waals surface area contributed by atoms with Gasteiger partial charge in [0.15, 0.2) is 23.0 Å². The Labute approximate surface area is 194 Å². The SMILES string of the molecule is Cc1cc(Br)cc2c1N=c1c(Br)c3c(c(Br)c1O2)=Nc1c(C)cc(Br)cc1O3. The standard InChI is InChI=1S/C20H10Br4N2O2/c1-7-3-9(21)5-11-15(7)25-17-13(23)20-18(14(24)19(17)27-11)26-16-8(2)4-10(22)6-12(16)28-20/h3-6H,1-2H3. The Morgan fingerprint density at radius 1 is 0.643 bits per heavy atom. The number of halogens is 4. The normalized spacial score (nSPS) is 13.1. The van der Waals surface area contributed by atoms with Crippen molar-refractivity contribution < 1.29 is 9.47 Å². The van der Waals surface area contributed by atoms with Crippen LogP contribution in [0.3, 0.4) is 0 Å². The molecule has 28 heavy (non-hydrogen) atoms. The average molecular weight is 630 g/mol. The minimum Gasteiger partial charge on any atom is -0.451 e. The Balaban J connectivity index is 1.85. The van der Waals surface area contributed by atoms with E-state index in [-0.39, 0.29) is 0 Å². The molecular weight excluding hydrogens is 620 g/mol. The summed E-state index contributed by atoms with van der Waals surface area (Å²) >= 11 is 14.4. The largest absolute Gasteiger partial charge is 0.451 e. The van der Waals surface area contributed by atoms with Crippen molar-refractivity contribution in [2.75, 3.05) is 0 Å². The molecule has 0 bridgehead atoms. The number of nitrogens with zero attached hydrogens (tertiary/aromatic N) is 2. The molecule has 5 rings (SSSR count). The van der Waals surface area contributed by atoms with Crippen molar-refractivity contribution in [2.45, 2.75) is 13.8 Å². The maximum Gasteiger partial charge on any atom is 0.170 e. The van der Waals surface area contributed by atoms with E-state index in [9.17, 15) is 0 Å². The maximum absolute atomic E-state index is 6.23. The first-order valence-corrected chi connectivity index (χ1v) is 11.4. The molecule has 0 saturated heterocycles. The van der Waals surface area contributed by atoms with Crippen molar-refractivity contribution in [3.8, 4) is 23.0 Å². The first-order valence-electron chi connectivity index (χ1n) is 8.28. The molecule has 8 heteroatoms. The van der Waals surface area contributed by atoms with Gasteiger partial charge in [0, 0.05) is 8.95 Å². The zero-order valence-corrected chi connectivity index (χ0v) is 20.9. The fourth-order valence-corrected chi connectivity index (χ4v) is 5.48. The molecule has 0 atom stereocenters. The summed E-state index contributed by atoms with van der Waals surface area (Å²) in [7, 11) is 0. The Hall–Kier alpha value is -1.22. The number of fused-ring (bicyclic) bond motifs is 4. The van der Waals surface area contributed by atoms with Gasteiger partial charge in [-0.05, 0) is 81.1 Å². The maximum atomic E-state index is 6.23. The van der Waals surface area contributed by atoms with Crippen LogP contribution in [0.1, 0.15) is 11.1 Å². The van der Waals surface area contributed by atoms with Crippen LogP contribution in [0.5, 0.6) is 23.0 Å². The van der Waals surface area contributed by atoms with Crippen LogP contribution in [0.15, 0.2) is 52.1 Å². The summed E-state index contributed by atoms with van der Waals surface area (Å²) in [6.07, 6.45) is 0. The molecule has 0 aromatic heterocycles. The molecule has 0 radical (unpaired) electrons. The average Bonchev–Trinajstić information content (AvgIpc) is 2.64. The summed E-state index contributed by atoms with van der Waals surface area (Å²) in [5, 5.41) is 1.35. The summed E-state index contributed by atoms with van der Waals surface area (Å²) in [6, 6.07) is 7.86. The van der Waals surface area contributed by atoms with Crippen LogP contribution in [0.25, 0.3) is 0 Å². The molecule has 2 aliphatic rings. The minimum atomic E-state index is 0.612. The summed E-state index contributed by atoms with van der Waals surface area (Å²) in [6.45, 7) is 4.01. The van der Waals surface area contributed by atoms with Gasteiger partial charge in [-0.25, -0.2) is 9.98 Å². The lowest BCUT2D eigenvalue weighted by molar-refractivity contribution is 0.443. The molecule has 0 saturated carbocycles. The van der Waals surface area contributed by atoms with Gasteiger partial charge in [-0.2, -0.15) is 0 Å². The van der Waals surface area contributed by atoms with Gasteiger partial charge in [0.05, 0.1) is 8.95 Å². The molecule has 3 aromatic rings. The monoisotopic (exact) mass is 626 g/mol. The van der Waals surface area contributed by atoms with Crippen molar-refractivity contribution in [1.82, 2.24) is 0 Å². The van der Waals surface area contributed by atoms with E-state index >= 15 is 0 Å². The molecule has 0 unspecified atom stereocenters. The van der Waals surface area contributed by atoms with Crippen molar-refractivity contribution >= 4 is 75.1 Å². The molecular formula is C20H10Br4N2O2. The zero-order chi connectivity index (χ0) is 19.7. The second-order valence-corrected chi connectivity index (χ2v) is 9.97. The number of rotatable bonds is 0. The molecule has 0 spiro atoms. The van der Waals surface area contributed by atoms with Gasteiger partial charge in [0.25, 0.3) is 0 Å². The Morgan fingerprint density at radius 2 is 1.04 bits per heavy atom. The van der Waals surface area contributed by atoms with Gasteiger partial charge < -0.3 is 9.47 Å². The predicted octanol–water partition coefficient (Wildman–Crippen LogP) is 7.47. The number of hydrogen-bond acceptors (Lipinski definition) is 4. The van der Waals surface area contributed by atoms with Crippen LogP contribution < -0.4 is 20.2 Å². The molecule has 4 nitrogen and oxygen atoms in total. The van der Waals surface area contributed by atoms with Crippen LogP contribution in [-0.4, -0.2) is 0 Å². The van der Waals surface area contributed by atoms with Gasteiger partial charge >= 0.3 is 0 Å². The molecule has 0 N–H and O–H groups in total. The van der Waals surface area contributed by atoms with E-state index < -0.39 is 0 Å². The highest BCUT2D eigenvalue weighted by atomic mass is 79.9. The Kier molecular flexibility index (Phi) is 4.46. The van der Waals surface area contributed by atoms with E-state index in [1.165, 1.54) is 0 Å². The number of benzene rings is 3. The molecule has 3 aromatic carbocycles. The summed E-state index contributed by atoms with van der Waals surface area (Å²) in [5.41, 5.74) is 3.64. The quantitative estimate of drug-likeness (QED) is 0.178. The summed E-state index contributed by atoms with van der Waals surface area (Å²) in [4.78, 5) is 9.71. The molecule has 2 aliphatic heterocycles. The summed E-state index contributed by atoms with van der Waals surface area (Å²) in [5.74, 6) is 2.62. The van der Waals surface area contributed by atoms with E-state index in [4.69, 9.17) is 19.5 Å². The lowest BCUT2D eigenvalue weighted by Gasteiger charge is -2.22. The first kappa shape index (κ1) is 18.8. The van der Waals surface area contributed by atoms with E-state index in [0.29, 0.717) is 42.7 Å². The third kappa shape index (κ3) is 2.80. The highest BCUT2D eigenvalue weighted by molar-refractivity contribution is 9.11. The third-order valence-electron chi connectivity index (χ3n) is 4.58. The fourth-order valence-electron chi connectivity index (χ4n) is 3.30. The van der Waals surface area contributed by atoms with Gasteiger partial charge in [0.1, 0.15) is 22.1 Å². The van der Waals surface area contributed by atoms with Crippen LogP contribution >= 0.6 is 63.7 Å². The van der Waals surface area contributed by atoms with Gasteiger partial charge in [-0.3, -0.25) is 0 Å². The van der Waals surface area contributed by atoms with Crippen LogP contribution in [0.2, 0.25) is 0 Å². The molecule has 0 aliphatic carbocycles. The number of ether oxygens (including phenoxy) is 2. The minimum absolute atomic E-state index is 0.612. The van der Waals surface area contributed by atoms with E-state index in [2.05, 4.69) is 63.7 Å². The van der Waals surface area contributed by atoms with Crippen LogP contribution in [-0.2, 0) is 0 Å². The van der Waals surface area contributed by atoms with Gasteiger partial charge in [-0.15, -0.1) is 0 Å². The van der Waals surface area contributed by atoms with E-state index in [0.717, 1.165) is 31.4 Å². The predicted molar refractivity (Wildman–Crippen MR) is 121 cm³/mol. The number of hydrogen-bond donors (Lipinski definition) is 0. The smallest absolute Gasteiger partial charge is 0.170 e. The highest BCUT2D eigenvalue weighted by Gasteiger charge is 2.27. The first-order chi connectivity index (χ1) is 13.3. The van der Waals surface area contributed by atoms with E-state index in [1.54, 1.807) is 0 Å². The van der Waals surface area contributed by atoms with Crippen molar-refractivity contribution in [3.63, 3.8) is 0 Å². The molecule has 140 valence electrons. The Morgan fingerprint density at radius 3 is 1.43 bits per heavy atom. The fraction of sp³-hybridized carbons (Fsp3) is 0.100. The second kappa shape index (κ2) is 6.65. The molecule has 2 heterocycles. The lowest BCUT2D eigenvalue weighted by Crippen LogP contribution is -2.23. The van der Waals surface area contributed by atoms with Crippen LogP contribution in [0, 0.1) is 13.8 Å². The van der Waals surface area contributed by atoms with E-state index in [1.807, 2.05) is 38.1 Å². The van der Waals surface area contributed by atoms with Gasteiger partial charge in [-0.1, -0.05) is 31.9 Å². The zero-order valence-electron chi connectivity index (χ0n) is 14.5. The second-order valence-electron chi connectivity index (χ2n) is 6.55. The highest BCUT2D eigenvalue weighted by Crippen LogP contribution is 2.45. The molecule has 0 amide bonds. The van der Waals surface area contributed by atoms with Crippen molar-refractivity contribution in [1.29, 1.82) is 0 Å². The number of aryl methyl sites for hydroxylation is 2. The van der Waals surface area contributed by atoms with Crippen molar-refractivity contribution in [3.05, 3.63) is 64.0 Å². The molecule has 0 fully saturated rings. The lowest BCUT2D eigenvalue weighted by atomic mass is 10.1. The topological polar surface area (TPSA) is 43.2 Å². The van der Waals surface area contributed by atoms with Gasteiger partial charge in [0.2, 0.25) is 0 Å². The Bertz CT molecular complexity index is 1230. The third-order valence-corrected chi connectivity index (χ3v) is 6.96. The van der Waals surface area contributed by atoms with Crippen LogP contribution in [0.4, 0.5) is 11.4 Å². The summed E-state index contributed by atoms with van der Waals surface area (Å²) < 4.78 is 15.8. The van der Waals surface area contributed by atoms with Crippen molar-refractivity contribution in [2.24, 2.45) is 9.98 Å².